The van der Waals surface area contributed by atoms with Crippen LogP contribution in [0.5, 0.6) is 0 Å². The largest absolute Gasteiger partial charge is 0.405 e. The summed E-state index contributed by atoms with van der Waals surface area (Å²) in [5.74, 6) is -0.631. The summed E-state index contributed by atoms with van der Waals surface area (Å²) in [7, 11) is 0. The van der Waals surface area contributed by atoms with Crippen molar-refractivity contribution < 1.29 is 18.0 Å². The van der Waals surface area contributed by atoms with Gasteiger partial charge in [0.15, 0.2) is 0 Å². The SMILES string of the molecule is O=C(CNC1Cc2ccccc2C1)NCC(F)(F)F. The lowest BCUT2D eigenvalue weighted by molar-refractivity contribution is -0.137. The lowest BCUT2D eigenvalue weighted by atomic mass is 10.1. The number of amides is 1. The van der Waals surface area contributed by atoms with E-state index in [1.807, 2.05) is 29.6 Å². The zero-order valence-corrected chi connectivity index (χ0v) is 10.3. The summed E-state index contributed by atoms with van der Waals surface area (Å²) in [6.45, 7) is -1.37. The highest BCUT2D eigenvalue weighted by Crippen LogP contribution is 2.21. The zero-order chi connectivity index (χ0) is 13.9. The third kappa shape index (κ3) is 4.24. The molecular formula is C13H15F3N2O. The molecule has 0 heterocycles. The predicted molar refractivity (Wildman–Crippen MR) is 64.7 cm³/mol. The molecule has 6 heteroatoms. The van der Waals surface area contributed by atoms with Crippen molar-refractivity contribution in [1.82, 2.24) is 10.6 Å². The van der Waals surface area contributed by atoms with Crippen molar-refractivity contribution >= 4 is 5.91 Å². The van der Waals surface area contributed by atoms with Gasteiger partial charge in [0.05, 0.1) is 6.54 Å². The molecule has 2 N–H and O–H groups in total. The van der Waals surface area contributed by atoms with E-state index in [0.29, 0.717) is 0 Å². The Labute approximate surface area is 109 Å². The minimum absolute atomic E-state index is 0.0886. The molecule has 1 aliphatic carbocycles. The highest BCUT2D eigenvalue weighted by molar-refractivity contribution is 5.78. The summed E-state index contributed by atoms with van der Waals surface area (Å²) < 4.78 is 35.7. The molecule has 3 nitrogen and oxygen atoms in total. The van der Waals surface area contributed by atoms with Crippen LogP contribution in [-0.2, 0) is 17.6 Å². The van der Waals surface area contributed by atoms with Gasteiger partial charge in [-0.2, -0.15) is 13.2 Å². The summed E-state index contributed by atoms with van der Waals surface area (Å²) in [5.41, 5.74) is 2.46. The van der Waals surface area contributed by atoms with Gasteiger partial charge in [-0.25, -0.2) is 0 Å². The topological polar surface area (TPSA) is 41.1 Å². The van der Waals surface area contributed by atoms with E-state index < -0.39 is 18.6 Å². The first-order valence-corrected chi connectivity index (χ1v) is 6.07. The number of carbonyl (C=O) groups is 1. The molecule has 1 amide bonds. The standard InChI is InChI=1S/C13H15F3N2O/c14-13(15,16)8-18-12(19)7-17-11-5-9-3-1-2-4-10(9)6-11/h1-4,11,17H,5-8H2,(H,18,19). The van der Waals surface area contributed by atoms with Crippen LogP contribution in [0.2, 0.25) is 0 Å². The van der Waals surface area contributed by atoms with E-state index in [1.165, 1.54) is 11.1 Å². The van der Waals surface area contributed by atoms with E-state index >= 15 is 0 Å². The lowest BCUT2D eigenvalue weighted by Gasteiger charge is -2.12. The molecule has 0 aliphatic heterocycles. The number of benzene rings is 1. The summed E-state index contributed by atoms with van der Waals surface area (Å²) in [6, 6.07) is 8.09. The van der Waals surface area contributed by atoms with Crippen molar-refractivity contribution in [1.29, 1.82) is 0 Å². The number of carbonyl (C=O) groups excluding carboxylic acids is 1. The molecular weight excluding hydrogens is 257 g/mol. The highest BCUT2D eigenvalue weighted by atomic mass is 19.4. The fraction of sp³-hybridized carbons (Fsp3) is 0.462. The number of alkyl halides is 3. The summed E-state index contributed by atoms with van der Waals surface area (Å²) >= 11 is 0. The summed E-state index contributed by atoms with van der Waals surface area (Å²) in [6.07, 6.45) is -2.75. The number of hydrogen-bond donors (Lipinski definition) is 2. The van der Waals surface area contributed by atoms with Gasteiger partial charge < -0.3 is 10.6 Å². The normalized spacial score (nSPS) is 15.3. The van der Waals surface area contributed by atoms with Crippen LogP contribution in [0.4, 0.5) is 13.2 Å². The maximum absolute atomic E-state index is 11.9. The molecule has 0 saturated heterocycles. The van der Waals surface area contributed by atoms with Crippen molar-refractivity contribution in [2.75, 3.05) is 13.1 Å². The Hall–Kier alpha value is -1.56. The van der Waals surface area contributed by atoms with Crippen LogP contribution < -0.4 is 10.6 Å². The molecule has 1 aromatic rings. The first-order chi connectivity index (χ1) is 8.94. The first kappa shape index (κ1) is 13.9. The second-order valence-electron chi connectivity index (χ2n) is 4.65. The molecule has 0 unspecified atom stereocenters. The Bertz CT molecular complexity index is 434. The Morgan fingerprint density at radius 1 is 1.21 bits per heavy atom. The maximum Gasteiger partial charge on any atom is 0.405 e. The minimum atomic E-state index is -4.36. The van der Waals surface area contributed by atoms with Crippen molar-refractivity contribution in [3.63, 3.8) is 0 Å². The van der Waals surface area contributed by atoms with Crippen LogP contribution in [0.15, 0.2) is 24.3 Å². The fourth-order valence-electron chi connectivity index (χ4n) is 2.20. The van der Waals surface area contributed by atoms with E-state index in [2.05, 4.69) is 5.32 Å². The van der Waals surface area contributed by atoms with Crippen LogP contribution in [-0.4, -0.2) is 31.2 Å². The quantitative estimate of drug-likeness (QED) is 0.870. The van der Waals surface area contributed by atoms with E-state index in [4.69, 9.17) is 0 Å². The van der Waals surface area contributed by atoms with E-state index in [9.17, 15) is 18.0 Å². The molecule has 0 saturated carbocycles. The summed E-state index contributed by atoms with van der Waals surface area (Å²) in [4.78, 5) is 11.2. The molecule has 0 aromatic heterocycles. The Kier molecular flexibility index (Phi) is 4.09. The Balaban J connectivity index is 1.72. The second kappa shape index (κ2) is 5.61. The van der Waals surface area contributed by atoms with Crippen molar-refractivity contribution in [2.45, 2.75) is 25.1 Å². The molecule has 0 spiro atoms. The van der Waals surface area contributed by atoms with Gasteiger partial charge in [-0.1, -0.05) is 24.3 Å². The maximum atomic E-state index is 11.9. The molecule has 0 radical (unpaired) electrons. The average molecular weight is 272 g/mol. The predicted octanol–water partition coefficient (Wildman–Crippen LogP) is 1.42. The van der Waals surface area contributed by atoms with Crippen LogP contribution in [0, 0.1) is 0 Å². The van der Waals surface area contributed by atoms with Gasteiger partial charge in [-0.05, 0) is 24.0 Å². The Morgan fingerprint density at radius 3 is 2.32 bits per heavy atom. The molecule has 2 rings (SSSR count). The molecule has 1 aliphatic rings. The van der Waals surface area contributed by atoms with Gasteiger partial charge >= 0.3 is 6.18 Å². The number of nitrogens with one attached hydrogen (secondary N) is 2. The second-order valence-corrected chi connectivity index (χ2v) is 4.65. The smallest absolute Gasteiger partial charge is 0.346 e. The van der Waals surface area contributed by atoms with Crippen molar-refractivity contribution in [2.24, 2.45) is 0 Å². The third-order valence-corrected chi connectivity index (χ3v) is 3.09. The number of hydrogen-bond acceptors (Lipinski definition) is 2. The van der Waals surface area contributed by atoms with Gasteiger partial charge in [0.2, 0.25) is 5.91 Å². The van der Waals surface area contributed by atoms with Gasteiger partial charge in [-0.15, -0.1) is 0 Å². The molecule has 1 aromatic carbocycles. The molecule has 0 fully saturated rings. The lowest BCUT2D eigenvalue weighted by Crippen LogP contribution is -2.42. The molecule has 0 bridgehead atoms. The highest BCUT2D eigenvalue weighted by Gasteiger charge is 2.28. The van der Waals surface area contributed by atoms with E-state index in [1.54, 1.807) is 0 Å². The summed E-state index contributed by atoms with van der Waals surface area (Å²) in [5, 5.41) is 4.83. The third-order valence-electron chi connectivity index (χ3n) is 3.09. The van der Waals surface area contributed by atoms with Crippen LogP contribution in [0.1, 0.15) is 11.1 Å². The van der Waals surface area contributed by atoms with Gasteiger partial charge in [-0.3, -0.25) is 4.79 Å². The number of rotatable bonds is 4. The monoisotopic (exact) mass is 272 g/mol. The van der Waals surface area contributed by atoms with Gasteiger partial charge in [0.1, 0.15) is 6.54 Å². The molecule has 0 atom stereocenters. The van der Waals surface area contributed by atoms with Crippen LogP contribution in [0.3, 0.4) is 0 Å². The van der Waals surface area contributed by atoms with E-state index in [0.717, 1.165) is 12.8 Å². The molecule has 19 heavy (non-hydrogen) atoms. The zero-order valence-electron chi connectivity index (χ0n) is 10.3. The van der Waals surface area contributed by atoms with Gasteiger partial charge in [0.25, 0.3) is 0 Å². The van der Waals surface area contributed by atoms with Crippen LogP contribution in [0.25, 0.3) is 0 Å². The van der Waals surface area contributed by atoms with E-state index in [-0.39, 0.29) is 12.6 Å². The first-order valence-electron chi connectivity index (χ1n) is 6.07. The molecule has 104 valence electrons. The van der Waals surface area contributed by atoms with Crippen molar-refractivity contribution in [3.05, 3.63) is 35.4 Å². The Morgan fingerprint density at radius 2 is 1.79 bits per heavy atom. The fourth-order valence-corrected chi connectivity index (χ4v) is 2.20. The van der Waals surface area contributed by atoms with Gasteiger partial charge in [0, 0.05) is 6.04 Å². The number of fused-ring (bicyclic) bond motifs is 1. The van der Waals surface area contributed by atoms with Crippen molar-refractivity contribution in [3.8, 4) is 0 Å². The number of halogens is 3. The minimum Gasteiger partial charge on any atom is -0.346 e. The van der Waals surface area contributed by atoms with Crippen LogP contribution >= 0.6 is 0 Å². The average Bonchev–Trinajstić information content (AvgIpc) is 2.75.